The van der Waals surface area contributed by atoms with E-state index in [1.165, 1.54) is 12.8 Å². The molecule has 0 aliphatic heterocycles. The maximum Gasteiger partial charge on any atom is 0.196 e. The Hall–Kier alpha value is -1.55. The Kier molecular flexibility index (Phi) is 2.73. The molecule has 1 N–H and O–H groups in total. The SMILES string of the molecule is COc1cccc2oc(CCNC3CC3)nc12. The van der Waals surface area contributed by atoms with Gasteiger partial charge in [-0.1, -0.05) is 6.07 Å². The van der Waals surface area contributed by atoms with Crippen molar-refractivity contribution in [2.75, 3.05) is 13.7 Å². The first-order valence-electron chi connectivity index (χ1n) is 6.02. The molecule has 4 heteroatoms. The molecular formula is C13H16N2O2. The topological polar surface area (TPSA) is 47.3 Å². The number of nitrogens with zero attached hydrogens (tertiary/aromatic N) is 1. The Balaban J connectivity index is 1.75. The summed E-state index contributed by atoms with van der Waals surface area (Å²) >= 11 is 0. The summed E-state index contributed by atoms with van der Waals surface area (Å²) in [6.45, 7) is 0.930. The highest BCUT2D eigenvalue weighted by Gasteiger charge is 2.20. The van der Waals surface area contributed by atoms with Crippen molar-refractivity contribution in [2.24, 2.45) is 0 Å². The molecule has 1 aromatic carbocycles. The lowest BCUT2D eigenvalue weighted by Crippen LogP contribution is -2.19. The van der Waals surface area contributed by atoms with Crippen LogP contribution in [0.1, 0.15) is 18.7 Å². The molecule has 1 aromatic heterocycles. The molecule has 90 valence electrons. The van der Waals surface area contributed by atoms with Crippen molar-refractivity contribution in [3.63, 3.8) is 0 Å². The fourth-order valence-corrected chi connectivity index (χ4v) is 1.91. The van der Waals surface area contributed by atoms with Gasteiger partial charge in [0.15, 0.2) is 17.0 Å². The molecule has 0 amide bonds. The van der Waals surface area contributed by atoms with Crippen LogP contribution in [0.25, 0.3) is 11.1 Å². The summed E-state index contributed by atoms with van der Waals surface area (Å²) in [4.78, 5) is 4.47. The highest BCUT2D eigenvalue weighted by molar-refractivity contribution is 5.79. The first kappa shape index (κ1) is 10.6. The molecule has 2 aromatic rings. The van der Waals surface area contributed by atoms with E-state index in [4.69, 9.17) is 9.15 Å². The molecule has 1 saturated carbocycles. The van der Waals surface area contributed by atoms with Crippen LogP contribution in [-0.2, 0) is 6.42 Å². The number of oxazole rings is 1. The van der Waals surface area contributed by atoms with Crippen LogP contribution < -0.4 is 10.1 Å². The Labute approximate surface area is 100.0 Å². The molecule has 1 fully saturated rings. The molecule has 1 aliphatic rings. The van der Waals surface area contributed by atoms with Crippen LogP contribution in [-0.4, -0.2) is 24.7 Å². The van der Waals surface area contributed by atoms with Gasteiger partial charge in [0.05, 0.1) is 7.11 Å². The number of hydrogen-bond acceptors (Lipinski definition) is 4. The van der Waals surface area contributed by atoms with Gasteiger partial charge in [0, 0.05) is 19.0 Å². The van der Waals surface area contributed by atoms with E-state index in [-0.39, 0.29) is 0 Å². The zero-order valence-electron chi connectivity index (χ0n) is 9.90. The Bertz CT molecular complexity index is 517. The van der Waals surface area contributed by atoms with Gasteiger partial charge in [0.25, 0.3) is 0 Å². The molecule has 0 radical (unpaired) electrons. The summed E-state index contributed by atoms with van der Waals surface area (Å²) in [6, 6.07) is 6.46. The number of para-hydroxylation sites is 1. The summed E-state index contributed by atoms with van der Waals surface area (Å²) < 4.78 is 10.9. The molecule has 0 saturated heterocycles. The van der Waals surface area contributed by atoms with Crippen LogP contribution in [0.5, 0.6) is 5.75 Å². The fourth-order valence-electron chi connectivity index (χ4n) is 1.91. The molecule has 3 rings (SSSR count). The number of fused-ring (bicyclic) bond motifs is 1. The monoisotopic (exact) mass is 232 g/mol. The summed E-state index contributed by atoms with van der Waals surface area (Å²) in [5, 5.41) is 3.45. The third kappa shape index (κ3) is 2.26. The molecule has 0 bridgehead atoms. The molecule has 17 heavy (non-hydrogen) atoms. The highest BCUT2D eigenvalue weighted by Crippen LogP contribution is 2.25. The molecule has 1 aliphatic carbocycles. The first-order chi connectivity index (χ1) is 8.36. The average Bonchev–Trinajstić information content (AvgIpc) is 3.06. The standard InChI is InChI=1S/C13H16N2O2/c1-16-10-3-2-4-11-13(10)15-12(17-11)7-8-14-9-5-6-9/h2-4,9,14H,5-8H2,1H3. The van der Waals surface area contributed by atoms with Crippen molar-refractivity contribution in [1.29, 1.82) is 0 Å². The van der Waals surface area contributed by atoms with E-state index in [0.29, 0.717) is 0 Å². The molecule has 0 spiro atoms. The van der Waals surface area contributed by atoms with Gasteiger partial charge >= 0.3 is 0 Å². The second kappa shape index (κ2) is 4.37. The number of hydrogen-bond donors (Lipinski definition) is 1. The van der Waals surface area contributed by atoms with Crippen LogP contribution in [0.2, 0.25) is 0 Å². The summed E-state index contributed by atoms with van der Waals surface area (Å²) in [5.74, 6) is 1.55. The van der Waals surface area contributed by atoms with Gasteiger partial charge in [0.1, 0.15) is 5.75 Å². The van der Waals surface area contributed by atoms with Crippen LogP contribution in [0.15, 0.2) is 22.6 Å². The molecule has 4 nitrogen and oxygen atoms in total. The number of ether oxygens (including phenoxy) is 1. The van der Waals surface area contributed by atoms with Gasteiger partial charge in [-0.25, -0.2) is 4.98 Å². The summed E-state index contributed by atoms with van der Waals surface area (Å²) in [7, 11) is 1.65. The van der Waals surface area contributed by atoms with E-state index in [1.54, 1.807) is 7.11 Å². The lowest BCUT2D eigenvalue weighted by atomic mass is 10.3. The zero-order chi connectivity index (χ0) is 11.7. The van der Waals surface area contributed by atoms with E-state index in [9.17, 15) is 0 Å². The normalized spacial score (nSPS) is 15.4. The highest BCUT2D eigenvalue weighted by atomic mass is 16.5. The molecule has 0 unspecified atom stereocenters. The van der Waals surface area contributed by atoms with Gasteiger partial charge in [-0.2, -0.15) is 0 Å². The van der Waals surface area contributed by atoms with Crippen molar-refractivity contribution in [2.45, 2.75) is 25.3 Å². The first-order valence-corrected chi connectivity index (χ1v) is 6.02. The predicted molar refractivity (Wildman–Crippen MR) is 65.3 cm³/mol. The third-order valence-electron chi connectivity index (χ3n) is 3.00. The molecule has 1 heterocycles. The fraction of sp³-hybridized carbons (Fsp3) is 0.462. The van der Waals surface area contributed by atoms with Gasteiger partial charge in [-0.15, -0.1) is 0 Å². The van der Waals surface area contributed by atoms with Crippen LogP contribution in [0.3, 0.4) is 0 Å². The van der Waals surface area contributed by atoms with Gasteiger partial charge in [0.2, 0.25) is 0 Å². The Morgan fingerprint density at radius 1 is 1.47 bits per heavy atom. The third-order valence-corrected chi connectivity index (χ3v) is 3.00. The van der Waals surface area contributed by atoms with Gasteiger partial charge < -0.3 is 14.5 Å². The minimum absolute atomic E-state index is 0.730. The van der Waals surface area contributed by atoms with E-state index >= 15 is 0 Å². The Morgan fingerprint density at radius 2 is 2.35 bits per heavy atom. The lowest BCUT2D eigenvalue weighted by Gasteiger charge is -1.97. The number of aromatic nitrogens is 1. The minimum atomic E-state index is 0.730. The molecular weight excluding hydrogens is 216 g/mol. The van der Waals surface area contributed by atoms with Crippen LogP contribution in [0, 0.1) is 0 Å². The van der Waals surface area contributed by atoms with Crippen molar-refractivity contribution in [3.8, 4) is 5.75 Å². The average molecular weight is 232 g/mol. The van der Waals surface area contributed by atoms with E-state index in [1.807, 2.05) is 18.2 Å². The maximum atomic E-state index is 5.68. The summed E-state index contributed by atoms with van der Waals surface area (Å²) in [6.07, 6.45) is 3.44. The van der Waals surface area contributed by atoms with Crippen molar-refractivity contribution < 1.29 is 9.15 Å². The van der Waals surface area contributed by atoms with Gasteiger partial charge in [-0.05, 0) is 25.0 Å². The van der Waals surface area contributed by atoms with Crippen LogP contribution >= 0.6 is 0 Å². The lowest BCUT2D eigenvalue weighted by molar-refractivity contribution is 0.419. The van der Waals surface area contributed by atoms with Crippen molar-refractivity contribution in [3.05, 3.63) is 24.1 Å². The van der Waals surface area contributed by atoms with E-state index in [2.05, 4.69) is 10.3 Å². The number of methoxy groups -OCH3 is 1. The smallest absolute Gasteiger partial charge is 0.196 e. The van der Waals surface area contributed by atoms with Gasteiger partial charge in [-0.3, -0.25) is 0 Å². The molecule has 0 atom stereocenters. The summed E-state index contributed by atoms with van der Waals surface area (Å²) in [5.41, 5.74) is 1.61. The quantitative estimate of drug-likeness (QED) is 0.858. The second-order valence-corrected chi connectivity index (χ2v) is 4.39. The Morgan fingerprint density at radius 3 is 3.12 bits per heavy atom. The van der Waals surface area contributed by atoms with Crippen molar-refractivity contribution >= 4 is 11.1 Å². The van der Waals surface area contributed by atoms with Crippen molar-refractivity contribution in [1.82, 2.24) is 10.3 Å². The predicted octanol–water partition coefficient (Wildman–Crippen LogP) is 2.13. The largest absolute Gasteiger partial charge is 0.494 e. The van der Waals surface area contributed by atoms with Crippen LogP contribution in [0.4, 0.5) is 0 Å². The van der Waals surface area contributed by atoms with E-state index in [0.717, 1.165) is 41.7 Å². The number of nitrogens with one attached hydrogen (secondary N) is 1. The maximum absolute atomic E-state index is 5.68. The minimum Gasteiger partial charge on any atom is -0.494 e. The number of rotatable bonds is 5. The second-order valence-electron chi connectivity index (χ2n) is 4.39. The zero-order valence-corrected chi connectivity index (χ0v) is 9.90. The van der Waals surface area contributed by atoms with E-state index < -0.39 is 0 Å². The number of benzene rings is 1.